The van der Waals surface area contributed by atoms with E-state index in [1.165, 1.54) is 22.5 Å². The second-order valence-electron chi connectivity index (χ2n) is 6.84. The Balaban J connectivity index is 0.000000242. The summed E-state index contributed by atoms with van der Waals surface area (Å²) < 4.78 is 0. The third-order valence-electron chi connectivity index (χ3n) is 4.89. The molecule has 1 aromatic heterocycles. The third kappa shape index (κ3) is 4.55. The smallest absolute Gasteiger partial charge is 0.328 e. The predicted molar refractivity (Wildman–Crippen MR) is 105 cm³/mol. The van der Waals surface area contributed by atoms with Crippen molar-refractivity contribution >= 4 is 17.8 Å². The Labute approximate surface area is 163 Å². The van der Waals surface area contributed by atoms with E-state index in [9.17, 15) is 9.59 Å². The van der Waals surface area contributed by atoms with Gasteiger partial charge in [-0.1, -0.05) is 30.3 Å². The number of piperazine rings is 1. The molecule has 1 saturated heterocycles. The zero-order valence-electron chi connectivity index (χ0n) is 15.7. The molecule has 4 rings (SSSR count). The Morgan fingerprint density at radius 3 is 2.43 bits per heavy atom. The zero-order chi connectivity index (χ0) is 20.1. The molecule has 1 aromatic carbocycles. The summed E-state index contributed by atoms with van der Waals surface area (Å²) in [5, 5.41) is 15.6. The molecule has 2 aliphatic heterocycles. The minimum atomic E-state index is -1.26. The normalized spacial score (nSPS) is 18.2. The summed E-state index contributed by atoms with van der Waals surface area (Å²) >= 11 is 0. The highest BCUT2D eigenvalue weighted by Crippen LogP contribution is 2.37. The largest absolute Gasteiger partial charge is 0.478 e. The fourth-order valence-electron chi connectivity index (χ4n) is 3.63. The molecule has 2 aromatic rings. The number of hydrogen-bond donors (Lipinski definition) is 2. The Kier molecular flexibility index (Phi) is 6.06. The summed E-state index contributed by atoms with van der Waals surface area (Å²) in [6.07, 6.45) is 4.03. The summed E-state index contributed by atoms with van der Waals surface area (Å²) in [6, 6.07) is 13.6. The number of nitrogens with zero attached hydrogens (tertiary/aromatic N) is 3. The minimum absolute atomic E-state index is 0.432. The van der Waals surface area contributed by atoms with Crippen LogP contribution in [-0.4, -0.2) is 58.7 Å². The molecule has 28 heavy (non-hydrogen) atoms. The fourth-order valence-corrected chi connectivity index (χ4v) is 3.63. The first-order valence-corrected chi connectivity index (χ1v) is 9.06. The summed E-state index contributed by atoms with van der Waals surface area (Å²) in [4.78, 5) is 28.7. The minimum Gasteiger partial charge on any atom is -0.478 e. The first-order chi connectivity index (χ1) is 13.5. The van der Waals surface area contributed by atoms with Crippen LogP contribution in [0.1, 0.15) is 22.7 Å². The van der Waals surface area contributed by atoms with Crippen LogP contribution in [0.3, 0.4) is 0 Å². The Morgan fingerprint density at radius 1 is 1.04 bits per heavy atom. The van der Waals surface area contributed by atoms with Crippen LogP contribution in [-0.2, 0) is 16.0 Å². The molecule has 7 nitrogen and oxygen atoms in total. The van der Waals surface area contributed by atoms with Gasteiger partial charge in [-0.25, -0.2) is 14.6 Å². The maximum atomic E-state index is 9.55. The number of benzene rings is 1. The highest BCUT2D eigenvalue weighted by Gasteiger charge is 2.32. The molecule has 1 fully saturated rings. The zero-order valence-corrected chi connectivity index (χ0v) is 15.7. The van der Waals surface area contributed by atoms with E-state index in [0.717, 1.165) is 26.1 Å². The lowest BCUT2D eigenvalue weighted by Gasteiger charge is -2.41. The van der Waals surface area contributed by atoms with E-state index in [1.807, 2.05) is 6.20 Å². The van der Waals surface area contributed by atoms with Crippen molar-refractivity contribution < 1.29 is 19.8 Å². The highest BCUT2D eigenvalue weighted by molar-refractivity contribution is 5.89. The van der Waals surface area contributed by atoms with Crippen molar-refractivity contribution in [3.63, 3.8) is 0 Å². The van der Waals surface area contributed by atoms with Gasteiger partial charge >= 0.3 is 11.9 Å². The number of likely N-dealkylation sites (N-methyl/N-ethyl adjacent to an activating group) is 1. The molecule has 0 unspecified atom stereocenters. The molecule has 0 amide bonds. The fraction of sp³-hybridized carbons (Fsp3) is 0.286. The number of aliphatic carboxylic acids is 2. The summed E-state index contributed by atoms with van der Waals surface area (Å²) in [7, 11) is 2.21. The predicted octanol–water partition coefficient (Wildman–Crippen LogP) is 2.19. The molecule has 2 aliphatic rings. The first kappa shape index (κ1) is 19.6. The number of pyridine rings is 1. The van der Waals surface area contributed by atoms with Crippen LogP contribution in [0.2, 0.25) is 0 Å². The van der Waals surface area contributed by atoms with Gasteiger partial charge in [-0.2, -0.15) is 0 Å². The van der Waals surface area contributed by atoms with Crippen LogP contribution in [0.15, 0.2) is 54.7 Å². The van der Waals surface area contributed by atoms with Gasteiger partial charge in [0.15, 0.2) is 0 Å². The van der Waals surface area contributed by atoms with E-state index >= 15 is 0 Å². The molecule has 2 N–H and O–H groups in total. The maximum absolute atomic E-state index is 9.55. The van der Waals surface area contributed by atoms with Crippen LogP contribution in [0.25, 0.3) is 0 Å². The molecular formula is C21H23N3O4. The molecule has 7 heteroatoms. The average Bonchev–Trinajstić information content (AvgIpc) is 2.81. The van der Waals surface area contributed by atoms with Crippen molar-refractivity contribution in [2.24, 2.45) is 0 Å². The van der Waals surface area contributed by atoms with Gasteiger partial charge in [-0.05, 0) is 29.8 Å². The van der Waals surface area contributed by atoms with Gasteiger partial charge in [0.05, 0.1) is 6.04 Å². The lowest BCUT2D eigenvalue weighted by Crippen LogP contribution is -2.47. The standard InChI is InChI=1S/C17H19N3.C4H4O4/c1-19-9-10-20-16(12-19)15-7-3-2-5-13(15)11-14-6-4-8-18-17(14)20;5-3(6)1-2-4(7)8/h2-8,16H,9-12H2,1H3;1-2H,(H,5,6)(H,7,8)/b;2-1+/t16-;/m1./s1. The van der Waals surface area contributed by atoms with E-state index < -0.39 is 11.9 Å². The van der Waals surface area contributed by atoms with Gasteiger partial charge in [-0.3, -0.25) is 0 Å². The number of rotatable bonds is 2. The first-order valence-electron chi connectivity index (χ1n) is 9.06. The second kappa shape index (κ2) is 8.67. The number of hydrogen-bond acceptors (Lipinski definition) is 5. The van der Waals surface area contributed by atoms with Crippen molar-refractivity contribution in [1.29, 1.82) is 0 Å². The lowest BCUT2D eigenvalue weighted by atomic mass is 9.96. The van der Waals surface area contributed by atoms with Crippen molar-refractivity contribution in [1.82, 2.24) is 9.88 Å². The van der Waals surface area contributed by atoms with Crippen LogP contribution < -0.4 is 4.90 Å². The quantitative estimate of drug-likeness (QED) is 0.770. The van der Waals surface area contributed by atoms with E-state index in [1.54, 1.807) is 0 Å². The Bertz CT molecular complexity index is 881. The molecule has 0 radical (unpaired) electrons. The second-order valence-corrected chi connectivity index (χ2v) is 6.84. The number of fused-ring (bicyclic) bond motifs is 5. The highest BCUT2D eigenvalue weighted by atomic mass is 16.4. The van der Waals surface area contributed by atoms with E-state index in [0.29, 0.717) is 18.2 Å². The van der Waals surface area contributed by atoms with E-state index in [2.05, 4.69) is 58.2 Å². The molecule has 0 bridgehead atoms. The van der Waals surface area contributed by atoms with Crippen LogP contribution in [0.4, 0.5) is 5.82 Å². The molecular weight excluding hydrogens is 358 g/mol. The van der Waals surface area contributed by atoms with E-state index in [4.69, 9.17) is 10.2 Å². The number of aromatic nitrogens is 1. The number of anilines is 1. The van der Waals surface area contributed by atoms with Gasteiger partial charge in [0.1, 0.15) is 5.82 Å². The van der Waals surface area contributed by atoms with Crippen molar-refractivity contribution in [3.05, 3.63) is 71.4 Å². The topological polar surface area (TPSA) is 94.0 Å². The van der Waals surface area contributed by atoms with Gasteiger partial charge in [0.2, 0.25) is 0 Å². The van der Waals surface area contributed by atoms with Gasteiger partial charge in [0, 0.05) is 44.4 Å². The molecule has 0 aliphatic carbocycles. The van der Waals surface area contributed by atoms with Crippen molar-refractivity contribution in [2.75, 3.05) is 31.6 Å². The SMILES string of the molecule is CN1CCN2c3ncccc3Cc3ccccc3[C@H]2C1.O=C(O)/C=C/C(=O)O. The summed E-state index contributed by atoms with van der Waals surface area (Å²) in [6.45, 7) is 3.24. The number of carboxylic acid groups (broad SMARTS) is 2. The summed E-state index contributed by atoms with van der Waals surface area (Å²) in [5.74, 6) is -1.33. The van der Waals surface area contributed by atoms with Crippen molar-refractivity contribution in [2.45, 2.75) is 12.5 Å². The van der Waals surface area contributed by atoms with Gasteiger partial charge < -0.3 is 20.0 Å². The monoisotopic (exact) mass is 381 g/mol. The van der Waals surface area contributed by atoms with Gasteiger partial charge in [0.25, 0.3) is 0 Å². The van der Waals surface area contributed by atoms with Crippen LogP contribution in [0, 0.1) is 0 Å². The average molecular weight is 381 g/mol. The van der Waals surface area contributed by atoms with Crippen LogP contribution >= 0.6 is 0 Å². The Hall–Kier alpha value is -3.19. The summed E-state index contributed by atoms with van der Waals surface area (Å²) in [5.41, 5.74) is 4.27. The molecule has 0 saturated carbocycles. The molecule has 146 valence electrons. The van der Waals surface area contributed by atoms with Gasteiger partial charge in [-0.15, -0.1) is 0 Å². The maximum Gasteiger partial charge on any atom is 0.328 e. The molecule has 0 spiro atoms. The van der Waals surface area contributed by atoms with Crippen molar-refractivity contribution in [3.8, 4) is 0 Å². The number of carbonyl (C=O) groups is 2. The van der Waals surface area contributed by atoms with E-state index in [-0.39, 0.29) is 0 Å². The Morgan fingerprint density at radius 2 is 1.71 bits per heavy atom. The molecule has 3 heterocycles. The lowest BCUT2D eigenvalue weighted by molar-refractivity contribution is -0.134. The third-order valence-corrected chi connectivity index (χ3v) is 4.89. The molecule has 1 atom stereocenters. The van der Waals surface area contributed by atoms with Crippen LogP contribution in [0.5, 0.6) is 0 Å². The number of carboxylic acids is 2.